The van der Waals surface area contributed by atoms with Crippen LogP contribution in [-0.4, -0.2) is 47.1 Å². The van der Waals surface area contributed by atoms with Crippen molar-refractivity contribution in [2.45, 2.75) is 26.2 Å². The molecule has 0 spiro atoms. The van der Waals surface area contributed by atoms with Crippen LogP contribution in [0.1, 0.15) is 35.3 Å². The summed E-state index contributed by atoms with van der Waals surface area (Å²) in [6.07, 6.45) is 1.64. The molecule has 0 atom stereocenters. The monoisotopic (exact) mass is 342 g/mol. The van der Waals surface area contributed by atoms with Crippen molar-refractivity contribution < 1.29 is 19.4 Å². The van der Waals surface area contributed by atoms with Crippen molar-refractivity contribution in [2.24, 2.45) is 5.92 Å². The first-order chi connectivity index (χ1) is 12.0. The zero-order valence-electron chi connectivity index (χ0n) is 14.5. The minimum atomic E-state index is -0.769. The van der Waals surface area contributed by atoms with Gasteiger partial charge in [0.15, 0.2) is 0 Å². The van der Waals surface area contributed by atoms with Crippen molar-refractivity contribution in [3.63, 3.8) is 0 Å². The Morgan fingerprint density at radius 1 is 1.28 bits per heavy atom. The summed E-state index contributed by atoms with van der Waals surface area (Å²) in [5.74, 6) is 0.0927. The number of carbonyl (C=O) groups is 2. The van der Waals surface area contributed by atoms with Gasteiger partial charge in [0.1, 0.15) is 5.75 Å². The second kappa shape index (κ2) is 7.09. The molecule has 1 aliphatic rings. The largest absolute Gasteiger partial charge is 0.497 e. The molecule has 132 valence electrons. The maximum absolute atomic E-state index is 12.9. The fraction of sp³-hybridized carbons (Fsp3) is 0.421. The zero-order chi connectivity index (χ0) is 18.0. The summed E-state index contributed by atoms with van der Waals surface area (Å²) in [5.41, 5.74) is 2.10. The molecule has 1 fully saturated rings. The molecule has 1 aromatic carbocycles. The Labute approximate surface area is 146 Å². The summed E-state index contributed by atoms with van der Waals surface area (Å²) < 4.78 is 5.22. The molecule has 1 amide bonds. The Bertz CT molecular complexity index is 810. The number of amides is 1. The predicted octanol–water partition coefficient (Wildman–Crippen LogP) is 2.88. The van der Waals surface area contributed by atoms with Crippen LogP contribution in [0.5, 0.6) is 5.75 Å². The molecule has 0 aliphatic carbocycles. The third kappa shape index (κ3) is 3.73. The number of benzene rings is 1. The minimum absolute atomic E-state index is 0.0310. The van der Waals surface area contributed by atoms with Crippen LogP contribution in [0.25, 0.3) is 10.9 Å². The van der Waals surface area contributed by atoms with Gasteiger partial charge in [0.2, 0.25) is 0 Å². The Morgan fingerprint density at radius 2 is 2.00 bits per heavy atom. The number of likely N-dealkylation sites (tertiary alicyclic amines) is 1. The van der Waals surface area contributed by atoms with E-state index in [9.17, 15) is 9.59 Å². The maximum atomic E-state index is 12.9. The van der Waals surface area contributed by atoms with Gasteiger partial charge in [0.25, 0.3) is 5.91 Å². The quantitative estimate of drug-likeness (QED) is 0.924. The minimum Gasteiger partial charge on any atom is -0.497 e. The highest BCUT2D eigenvalue weighted by Gasteiger charge is 2.26. The zero-order valence-corrected chi connectivity index (χ0v) is 14.5. The number of carboxylic acids is 1. The summed E-state index contributed by atoms with van der Waals surface area (Å²) in [5, 5.41) is 9.79. The van der Waals surface area contributed by atoms with Gasteiger partial charge >= 0.3 is 5.97 Å². The molecule has 1 aliphatic heterocycles. The highest BCUT2D eigenvalue weighted by Crippen LogP contribution is 2.25. The average Bonchev–Trinajstić information content (AvgIpc) is 2.60. The summed E-state index contributed by atoms with van der Waals surface area (Å²) in [7, 11) is 1.61. The number of nitrogens with zero attached hydrogens (tertiary/aromatic N) is 2. The number of hydrogen-bond donors (Lipinski definition) is 1. The predicted molar refractivity (Wildman–Crippen MR) is 93.9 cm³/mol. The van der Waals surface area contributed by atoms with Crippen LogP contribution in [-0.2, 0) is 4.79 Å². The lowest BCUT2D eigenvalue weighted by atomic mass is 9.93. The van der Waals surface area contributed by atoms with Gasteiger partial charge in [-0.2, -0.15) is 0 Å². The molecule has 0 saturated carbocycles. The number of aryl methyl sites for hydroxylation is 1. The van der Waals surface area contributed by atoms with E-state index in [1.165, 1.54) is 0 Å². The first-order valence-electron chi connectivity index (χ1n) is 8.44. The van der Waals surface area contributed by atoms with Crippen LogP contribution >= 0.6 is 0 Å². The van der Waals surface area contributed by atoms with E-state index >= 15 is 0 Å². The molecule has 6 nitrogen and oxygen atoms in total. The Hall–Kier alpha value is -2.63. The van der Waals surface area contributed by atoms with E-state index in [0.29, 0.717) is 24.3 Å². The van der Waals surface area contributed by atoms with Crippen molar-refractivity contribution >= 4 is 22.8 Å². The van der Waals surface area contributed by atoms with Crippen LogP contribution in [0, 0.1) is 12.8 Å². The molecular formula is C19H22N2O4. The maximum Gasteiger partial charge on any atom is 0.303 e. The number of pyridine rings is 1. The van der Waals surface area contributed by atoms with E-state index in [-0.39, 0.29) is 18.2 Å². The number of carbonyl (C=O) groups excluding carboxylic acids is 1. The van der Waals surface area contributed by atoms with Gasteiger partial charge in [-0.3, -0.25) is 14.6 Å². The van der Waals surface area contributed by atoms with Crippen molar-refractivity contribution in [2.75, 3.05) is 20.2 Å². The van der Waals surface area contributed by atoms with Gasteiger partial charge in [-0.05, 0) is 43.9 Å². The molecule has 0 bridgehead atoms. The third-order valence-electron chi connectivity index (χ3n) is 4.81. The summed E-state index contributed by atoms with van der Waals surface area (Å²) in [6, 6.07) is 7.48. The number of hydrogen-bond acceptors (Lipinski definition) is 4. The Morgan fingerprint density at radius 3 is 2.64 bits per heavy atom. The second-order valence-corrected chi connectivity index (χ2v) is 6.51. The van der Waals surface area contributed by atoms with Crippen LogP contribution in [0.15, 0.2) is 24.3 Å². The fourth-order valence-corrected chi connectivity index (χ4v) is 3.34. The molecule has 1 aromatic heterocycles. The number of aromatic nitrogens is 1. The van der Waals surface area contributed by atoms with E-state index in [1.807, 2.05) is 31.2 Å². The van der Waals surface area contributed by atoms with Gasteiger partial charge in [-0.1, -0.05) is 0 Å². The topological polar surface area (TPSA) is 79.7 Å². The van der Waals surface area contributed by atoms with Crippen LogP contribution in [0.2, 0.25) is 0 Å². The van der Waals surface area contributed by atoms with Gasteiger partial charge < -0.3 is 14.7 Å². The van der Waals surface area contributed by atoms with Gasteiger partial charge in [-0.15, -0.1) is 0 Å². The molecule has 0 radical (unpaired) electrons. The van der Waals surface area contributed by atoms with E-state index in [4.69, 9.17) is 9.84 Å². The van der Waals surface area contributed by atoms with Crippen molar-refractivity contribution in [1.82, 2.24) is 9.88 Å². The standard InChI is InChI=1S/C19H22N2O4/c1-12-16(10-14-3-4-15(25-2)11-17(14)20-12)19(24)21-7-5-13(6-8-21)9-18(22)23/h3-4,10-11,13H,5-9H2,1-2H3,(H,22,23). The van der Waals surface area contributed by atoms with Crippen LogP contribution in [0.4, 0.5) is 0 Å². The number of methoxy groups -OCH3 is 1. The SMILES string of the molecule is COc1ccc2cc(C(=O)N3CCC(CC(=O)O)CC3)c(C)nc2c1. The lowest BCUT2D eigenvalue weighted by Crippen LogP contribution is -2.39. The van der Waals surface area contributed by atoms with Gasteiger partial charge in [0, 0.05) is 31.0 Å². The van der Waals surface area contributed by atoms with Gasteiger partial charge in [-0.25, -0.2) is 0 Å². The molecule has 3 rings (SSSR count). The molecule has 0 unspecified atom stereocenters. The Kier molecular flexibility index (Phi) is 4.88. The van der Waals surface area contributed by atoms with Crippen molar-refractivity contribution in [1.29, 1.82) is 0 Å². The summed E-state index contributed by atoms with van der Waals surface area (Å²) >= 11 is 0. The molecule has 2 heterocycles. The van der Waals surface area contributed by atoms with E-state index in [2.05, 4.69) is 4.98 Å². The normalized spacial score (nSPS) is 15.4. The third-order valence-corrected chi connectivity index (χ3v) is 4.81. The number of piperidine rings is 1. The summed E-state index contributed by atoms with van der Waals surface area (Å²) in [4.78, 5) is 30.0. The van der Waals surface area contributed by atoms with Crippen LogP contribution < -0.4 is 4.74 Å². The molecular weight excluding hydrogens is 320 g/mol. The van der Waals surface area contributed by atoms with E-state index in [0.717, 1.165) is 29.5 Å². The number of fused-ring (bicyclic) bond motifs is 1. The number of carboxylic acid groups (broad SMARTS) is 1. The average molecular weight is 342 g/mol. The lowest BCUT2D eigenvalue weighted by molar-refractivity contribution is -0.138. The first-order valence-corrected chi connectivity index (χ1v) is 8.44. The highest BCUT2D eigenvalue weighted by molar-refractivity contribution is 5.98. The van der Waals surface area contributed by atoms with Crippen molar-refractivity contribution in [3.8, 4) is 5.75 Å². The number of rotatable bonds is 4. The van der Waals surface area contributed by atoms with Crippen LogP contribution in [0.3, 0.4) is 0 Å². The first kappa shape index (κ1) is 17.2. The molecule has 1 N–H and O–H groups in total. The lowest BCUT2D eigenvalue weighted by Gasteiger charge is -2.31. The number of ether oxygens (including phenoxy) is 1. The molecule has 6 heteroatoms. The molecule has 2 aromatic rings. The highest BCUT2D eigenvalue weighted by atomic mass is 16.5. The van der Waals surface area contributed by atoms with Gasteiger partial charge in [0.05, 0.1) is 23.9 Å². The number of aliphatic carboxylic acids is 1. The van der Waals surface area contributed by atoms with Crippen molar-refractivity contribution in [3.05, 3.63) is 35.5 Å². The van der Waals surface area contributed by atoms with E-state index < -0.39 is 5.97 Å². The molecule has 1 saturated heterocycles. The summed E-state index contributed by atoms with van der Waals surface area (Å²) in [6.45, 7) is 3.02. The van der Waals surface area contributed by atoms with E-state index in [1.54, 1.807) is 12.0 Å². The Balaban J connectivity index is 1.78. The second-order valence-electron chi connectivity index (χ2n) is 6.51. The molecule has 25 heavy (non-hydrogen) atoms. The fourth-order valence-electron chi connectivity index (χ4n) is 3.34. The smallest absolute Gasteiger partial charge is 0.303 e.